The zero-order valence-corrected chi connectivity index (χ0v) is 5.56. The highest BCUT2D eigenvalue weighted by Crippen LogP contribution is 2.55. The molecule has 2 aliphatic rings. The third kappa shape index (κ3) is 0.700. The van der Waals surface area contributed by atoms with E-state index >= 15 is 0 Å². The van der Waals surface area contributed by atoms with E-state index in [0.29, 0.717) is 17.9 Å². The lowest BCUT2D eigenvalue weighted by atomic mass is 10.0. The Morgan fingerprint density at radius 3 is 3.00 bits per heavy atom. The Hall–Kier alpha value is -0.0800. The van der Waals surface area contributed by atoms with Crippen LogP contribution in [0.4, 0.5) is 0 Å². The van der Waals surface area contributed by atoms with Crippen molar-refractivity contribution in [2.75, 3.05) is 19.7 Å². The summed E-state index contributed by atoms with van der Waals surface area (Å²) < 4.78 is 0. The number of aliphatic hydroxyl groups excluding tert-OH is 1. The standard InChI is InChI=1S/C7H13NO/c9-4-6-3-7(6)1-2-8-5-7/h6,8-9H,1-5H2. The van der Waals surface area contributed by atoms with E-state index in [2.05, 4.69) is 5.32 Å². The molecule has 1 saturated carbocycles. The molecule has 1 spiro atoms. The van der Waals surface area contributed by atoms with Gasteiger partial charge in [-0.1, -0.05) is 0 Å². The van der Waals surface area contributed by atoms with Gasteiger partial charge in [0.15, 0.2) is 0 Å². The summed E-state index contributed by atoms with van der Waals surface area (Å²) in [6.45, 7) is 2.72. The van der Waals surface area contributed by atoms with Crippen molar-refractivity contribution in [2.24, 2.45) is 11.3 Å². The molecular formula is C7H13NO. The highest BCUT2D eigenvalue weighted by atomic mass is 16.3. The van der Waals surface area contributed by atoms with Gasteiger partial charge in [-0.15, -0.1) is 0 Å². The van der Waals surface area contributed by atoms with Crippen LogP contribution in [0.1, 0.15) is 12.8 Å². The Morgan fingerprint density at radius 1 is 1.67 bits per heavy atom. The van der Waals surface area contributed by atoms with Crippen molar-refractivity contribution in [3.63, 3.8) is 0 Å². The van der Waals surface area contributed by atoms with Crippen LogP contribution in [0.2, 0.25) is 0 Å². The third-order valence-electron chi connectivity index (χ3n) is 2.86. The highest BCUT2D eigenvalue weighted by Gasteiger charge is 2.54. The van der Waals surface area contributed by atoms with Gasteiger partial charge in [-0.05, 0) is 30.7 Å². The molecule has 2 heteroatoms. The first-order chi connectivity index (χ1) is 4.37. The third-order valence-corrected chi connectivity index (χ3v) is 2.86. The summed E-state index contributed by atoms with van der Waals surface area (Å²) in [6.07, 6.45) is 2.55. The summed E-state index contributed by atoms with van der Waals surface area (Å²) in [6, 6.07) is 0. The first-order valence-electron chi connectivity index (χ1n) is 3.69. The van der Waals surface area contributed by atoms with Crippen LogP contribution in [0.5, 0.6) is 0 Å². The van der Waals surface area contributed by atoms with Crippen LogP contribution in [0.15, 0.2) is 0 Å². The summed E-state index contributed by atoms with van der Waals surface area (Å²) in [5, 5.41) is 12.1. The second kappa shape index (κ2) is 1.70. The molecule has 1 aliphatic carbocycles. The molecular weight excluding hydrogens is 114 g/mol. The van der Waals surface area contributed by atoms with Crippen LogP contribution in [0, 0.1) is 11.3 Å². The van der Waals surface area contributed by atoms with E-state index in [1.165, 1.54) is 12.8 Å². The van der Waals surface area contributed by atoms with Crippen LogP contribution in [-0.4, -0.2) is 24.8 Å². The molecule has 2 fully saturated rings. The summed E-state index contributed by atoms with van der Waals surface area (Å²) in [5.41, 5.74) is 0.550. The van der Waals surface area contributed by atoms with Crippen LogP contribution in [0.3, 0.4) is 0 Å². The molecule has 0 radical (unpaired) electrons. The van der Waals surface area contributed by atoms with E-state index < -0.39 is 0 Å². The van der Waals surface area contributed by atoms with Gasteiger partial charge in [0.25, 0.3) is 0 Å². The van der Waals surface area contributed by atoms with Gasteiger partial charge in [-0.25, -0.2) is 0 Å². The quantitative estimate of drug-likeness (QED) is 0.519. The maximum absolute atomic E-state index is 8.80. The van der Waals surface area contributed by atoms with Gasteiger partial charge in [-0.2, -0.15) is 0 Å². The lowest BCUT2D eigenvalue weighted by molar-refractivity contribution is 0.253. The van der Waals surface area contributed by atoms with Crippen molar-refractivity contribution in [1.29, 1.82) is 0 Å². The predicted octanol–water partition coefficient (Wildman–Crippen LogP) is -0.0217. The molecule has 2 nitrogen and oxygen atoms in total. The van der Waals surface area contributed by atoms with Crippen molar-refractivity contribution in [2.45, 2.75) is 12.8 Å². The maximum atomic E-state index is 8.80. The van der Waals surface area contributed by atoms with Crippen molar-refractivity contribution < 1.29 is 5.11 Å². The fraction of sp³-hybridized carbons (Fsp3) is 1.00. The van der Waals surface area contributed by atoms with Gasteiger partial charge in [0.1, 0.15) is 0 Å². The summed E-state index contributed by atoms with van der Waals surface area (Å²) in [5.74, 6) is 0.632. The zero-order chi connectivity index (χ0) is 6.32. The average Bonchev–Trinajstić information content (AvgIpc) is 2.30. The molecule has 2 atom stereocenters. The lowest BCUT2D eigenvalue weighted by Gasteiger charge is -2.02. The Balaban J connectivity index is 1.97. The Kier molecular flexibility index (Phi) is 1.08. The first-order valence-corrected chi connectivity index (χ1v) is 3.69. The molecule has 1 saturated heterocycles. The fourth-order valence-electron chi connectivity index (χ4n) is 1.98. The van der Waals surface area contributed by atoms with Crippen molar-refractivity contribution in [3.05, 3.63) is 0 Å². The highest BCUT2D eigenvalue weighted by molar-refractivity contribution is 5.06. The molecule has 2 rings (SSSR count). The largest absolute Gasteiger partial charge is 0.396 e. The van der Waals surface area contributed by atoms with Gasteiger partial charge in [0.2, 0.25) is 0 Å². The SMILES string of the molecule is OCC1CC12CCNC2. The molecule has 2 unspecified atom stereocenters. The van der Waals surface area contributed by atoms with Gasteiger partial charge in [0.05, 0.1) is 0 Å². The molecule has 2 N–H and O–H groups in total. The first kappa shape index (κ1) is 5.69. The average molecular weight is 127 g/mol. The minimum Gasteiger partial charge on any atom is -0.396 e. The van der Waals surface area contributed by atoms with Crippen LogP contribution in [-0.2, 0) is 0 Å². The monoisotopic (exact) mass is 127 g/mol. The normalized spacial score (nSPS) is 48.3. The molecule has 9 heavy (non-hydrogen) atoms. The summed E-state index contributed by atoms with van der Waals surface area (Å²) in [4.78, 5) is 0. The van der Waals surface area contributed by atoms with Crippen LogP contribution < -0.4 is 5.32 Å². The summed E-state index contributed by atoms with van der Waals surface area (Å²) in [7, 11) is 0. The minimum absolute atomic E-state index is 0.404. The number of hydrogen-bond donors (Lipinski definition) is 2. The van der Waals surface area contributed by atoms with Crippen LogP contribution >= 0.6 is 0 Å². The second-order valence-electron chi connectivity index (χ2n) is 3.37. The summed E-state index contributed by atoms with van der Waals surface area (Å²) >= 11 is 0. The predicted molar refractivity (Wildman–Crippen MR) is 35.1 cm³/mol. The lowest BCUT2D eigenvalue weighted by Crippen LogP contribution is -2.11. The van der Waals surface area contributed by atoms with E-state index in [4.69, 9.17) is 5.11 Å². The molecule has 1 aliphatic heterocycles. The van der Waals surface area contributed by atoms with E-state index in [-0.39, 0.29) is 0 Å². The van der Waals surface area contributed by atoms with Gasteiger partial charge in [-0.3, -0.25) is 0 Å². The Morgan fingerprint density at radius 2 is 2.56 bits per heavy atom. The van der Waals surface area contributed by atoms with Crippen molar-refractivity contribution in [1.82, 2.24) is 5.32 Å². The molecule has 0 amide bonds. The van der Waals surface area contributed by atoms with Gasteiger partial charge >= 0.3 is 0 Å². The zero-order valence-electron chi connectivity index (χ0n) is 5.56. The van der Waals surface area contributed by atoms with Crippen molar-refractivity contribution >= 4 is 0 Å². The Bertz CT molecular complexity index is 118. The molecule has 0 aromatic heterocycles. The van der Waals surface area contributed by atoms with Gasteiger partial charge < -0.3 is 10.4 Å². The molecule has 0 aromatic rings. The number of hydrogen-bond acceptors (Lipinski definition) is 2. The fourth-order valence-corrected chi connectivity index (χ4v) is 1.98. The van der Waals surface area contributed by atoms with E-state index in [1.807, 2.05) is 0 Å². The van der Waals surface area contributed by atoms with Crippen molar-refractivity contribution in [3.8, 4) is 0 Å². The molecule has 1 heterocycles. The Labute approximate surface area is 55.3 Å². The van der Waals surface area contributed by atoms with E-state index in [9.17, 15) is 0 Å². The molecule has 0 bridgehead atoms. The molecule has 0 aromatic carbocycles. The maximum Gasteiger partial charge on any atom is 0.0465 e. The second-order valence-corrected chi connectivity index (χ2v) is 3.37. The van der Waals surface area contributed by atoms with Gasteiger partial charge in [0, 0.05) is 13.2 Å². The smallest absolute Gasteiger partial charge is 0.0465 e. The number of aliphatic hydroxyl groups is 1. The number of nitrogens with one attached hydrogen (secondary N) is 1. The molecule has 52 valence electrons. The van der Waals surface area contributed by atoms with Crippen LogP contribution in [0.25, 0.3) is 0 Å². The minimum atomic E-state index is 0.404. The van der Waals surface area contributed by atoms with E-state index in [1.54, 1.807) is 0 Å². The van der Waals surface area contributed by atoms with E-state index in [0.717, 1.165) is 13.1 Å². The topological polar surface area (TPSA) is 32.3 Å². The number of rotatable bonds is 1.